The summed E-state index contributed by atoms with van der Waals surface area (Å²) < 4.78 is 1.66. The van der Waals surface area contributed by atoms with Crippen molar-refractivity contribution >= 4 is 5.78 Å². The SMILES string of the molecule is C[C@H]1C[C@H]2[C@@H](CC[C@@H]3C[C@](C)(O)CC[C@@H]32)[C@@H]2CCCC[C@H](C(=O)Cn3cc(C#N)cn3)[C@H]21. The van der Waals surface area contributed by atoms with E-state index < -0.39 is 5.60 Å². The summed E-state index contributed by atoms with van der Waals surface area (Å²) >= 11 is 0. The summed E-state index contributed by atoms with van der Waals surface area (Å²) in [5, 5.41) is 24.0. The zero-order valence-electron chi connectivity index (χ0n) is 19.7. The number of fused-ring (bicyclic) bond motifs is 5. The molecular formula is C27H39N3O2. The molecule has 1 heterocycles. The minimum absolute atomic E-state index is 0.137. The van der Waals surface area contributed by atoms with Gasteiger partial charge in [0, 0.05) is 12.1 Å². The molecule has 1 aromatic rings. The van der Waals surface area contributed by atoms with Crippen LogP contribution >= 0.6 is 0 Å². The van der Waals surface area contributed by atoms with Gasteiger partial charge >= 0.3 is 0 Å². The largest absolute Gasteiger partial charge is 0.390 e. The highest BCUT2D eigenvalue weighted by atomic mass is 16.3. The van der Waals surface area contributed by atoms with Gasteiger partial charge < -0.3 is 5.11 Å². The molecule has 0 unspecified atom stereocenters. The van der Waals surface area contributed by atoms with E-state index in [1.54, 1.807) is 17.1 Å². The molecule has 0 aliphatic heterocycles. The summed E-state index contributed by atoms with van der Waals surface area (Å²) in [5.41, 5.74) is 0.0582. The Morgan fingerprint density at radius 1 is 1.19 bits per heavy atom. The molecule has 4 fully saturated rings. The van der Waals surface area contributed by atoms with Crippen molar-refractivity contribution in [3.63, 3.8) is 0 Å². The van der Waals surface area contributed by atoms with Crippen molar-refractivity contribution in [2.24, 2.45) is 47.3 Å². The second kappa shape index (κ2) is 8.60. The van der Waals surface area contributed by atoms with E-state index in [2.05, 4.69) is 18.1 Å². The molecule has 5 heteroatoms. The van der Waals surface area contributed by atoms with Crippen LogP contribution in [0.4, 0.5) is 0 Å². The van der Waals surface area contributed by atoms with E-state index in [-0.39, 0.29) is 5.92 Å². The number of hydrogen-bond acceptors (Lipinski definition) is 4. The number of nitrogens with zero attached hydrogens (tertiary/aromatic N) is 3. The molecule has 32 heavy (non-hydrogen) atoms. The van der Waals surface area contributed by atoms with Gasteiger partial charge in [-0.2, -0.15) is 10.4 Å². The van der Waals surface area contributed by atoms with Gasteiger partial charge in [0.05, 0.1) is 23.9 Å². The Hall–Kier alpha value is -1.67. The van der Waals surface area contributed by atoms with Gasteiger partial charge in [0.2, 0.25) is 0 Å². The number of rotatable bonds is 3. The summed E-state index contributed by atoms with van der Waals surface area (Å²) in [6, 6.07) is 2.11. The summed E-state index contributed by atoms with van der Waals surface area (Å²) in [4.78, 5) is 13.5. The van der Waals surface area contributed by atoms with E-state index in [0.717, 1.165) is 43.4 Å². The number of aromatic nitrogens is 2. The molecule has 174 valence electrons. The molecule has 9 atom stereocenters. The summed E-state index contributed by atoms with van der Waals surface area (Å²) in [7, 11) is 0. The normalized spacial score (nSPS) is 43.8. The molecule has 4 aliphatic carbocycles. The molecule has 0 aromatic carbocycles. The first-order chi connectivity index (χ1) is 15.4. The summed E-state index contributed by atoms with van der Waals surface area (Å²) in [5.74, 6) is 5.26. The first-order valence-corrected chi connectivity index (χ1v) is 13.0. The second-order valence-corrected chi connectivity index (χ2v) is 11.9. The van der Waals surface area contributed by atoms with E-state index in [1.165, 1.54) is 38.5 Å². The molecule has 0 amide bonds. The molecule has 0 radical (unpaired) electrons. The molecule has 1 aromatic heterocycles. The number of carbonyl (C=O) groups is 1. The number of carbonyl (C=O) groups excluding carboxylic acids is 1. The van der Waals surface area contributed by atoms with Gasteiger partial charge in [-0.3, -0.25) is 9.48 Å². The van der Waals surface area contributed by atoms with Crippen molar-refractivity contribution < 1.29 is 9.90 Å². The highest BCUT2D eigenvalue weighted by molar-refractivity contribution is 5.81. The van der Waals surface area contributed by atoms with E-state index in [9.17, 15) is 9.90 Å². The predicted octanol–water partition coefficient (Wildman–Crippen LogP) is 4.98. The quantitative estimate of drug-likeness (QED) is 0.723. The average molecular weight is 438 g/mol. The standard InChI is InChI=1S/C27H39N3O2/c1-17-11-24-20-9-10-27(2,32)12-19(20)7-8-21(24)22-5-3-4-6-23(26(17)22)25(31)16-30-15-18(13-28)14-29-30/h14-15,17,19-24,26,32H,3-12,16H2,1-2H3/t17-,19+,20-,21-,22-,23+,24+,26-,27+/m0/s1. The lowest BCUT2D eigenvalue weighted by atomic mass is 9.48. The maximum absolute atomic E-state index is 13.5. The van der Waals surface area contributed by atoms with Crippen LogP contribution in [0.15, 0.2) is 12.4 Å². The van der Waals surface area contributed by atoms with Gasteiger partial charge in [0.1, 0.15) is 6.07 Å². The molecule has 0 bridgehead atoms. The second-order valence-electron chi connectivity index (χ2n) is 11.9. The maximum Gasteiger partial charge on any atom is 0.157 e. The number of Topliss-reactive ketones (excluding diaryl/α,β-unsaturated/α-hetero) is 1. The highest BCUT2D eigenvalue weighted by Crippen LogP contribution is 2.59. The first kappa shape index (κ1) is 22.1. The smallest absolute Gasteiger partial charge is 0.157 e. The Bertz CT molecular complexity index is 884. The Morgan fingerprint density at radius 3 is 2.78 bits per heavy atom. The fraction of sp³-hybridized carbons (Fsp3) is 0.815. The molecule has 4 aliphatic rings. The lowest BCUT2D eigenvalue weighted by Gasteiger charge is -2.57. The van der Waals surface area contributed by atoms with Crippen LogP contribution in [0.2, 0.25) is 0 Å². The van der Waals surface area contributed by atoms with Crippen LogP contribution in [0.1, 0.15) is 83.6 Å². The predicted molar refractivity (Wildman–Crippen MR) is 122 cm³/mol. The zero-order valence-corrected chi connectivity index (χ0v) is 19.7. The van der Waals surface area contributed by atoms with Crippen LogP contribution in [0.3, 0.4) is 0 Å². The van der Waals surface area contributed by atoms with Crippen LogP contribution in [0.25, 0.3) is 0 Å². The van der Waals surface area contributed by atoms with E-state index >= 15 is 0 Å². The minimum atomic E-state index is -0.464. The number of hydrogen-bond donors (Lipinski definition) is 1. The highest BCUT2D eigenvalue weighted by Gasteiger charge is 2.53. The van der Waals surface area contributed by atoms with Crippen molar-refractivity contribution in [3.8, 4) is 6.07 Å². The van der Waals surface area contributed by atoms with Crippen LogP contribution in [-0.4, -0.2) is 26.3 Å². The third-order valence-electron chi connectivity index (χ3n) is 9.90. The van der Waals surface area contributed by atoms with Gasteiger partial charge in [-0.25, -0.2) is 0 Å². The molecule has 1 N–H and O–H groups in total. The molecule has 4 saturated carbocycles. The van der Waals surface area contributed by atoms with Crippen molar-refractivity contribution in [1.29, 1.82) is 5.26 Å². The van der Waals surface area contributed by atoms with Gasteiger partial charge in [0.15, 0.2) is 5.78 Å². The van der Waals surface area contributed by atoms with Crippen molar-refractivity contribution in [2.75, 3.05) is 0 Å². The fourth-order valence-electron chi connectivity index (χ4n) is 8.72. The molecule has 5 nitrogen and oxygen atoms in total. The number of aliphatic hydroxyl groups is 1. The monoisotopic (exact) mass is 437 g/mol. The van der Waals surface area contributed by atoms with Crippen molar-refractivity contribution in [3.05, 3.63) is 18.0 Å². The van der Waals surface area contributed by atoms with Crippen molar-refractivity contribution in [2.45, 2.75) is 90.2 Å². The topological polar surface area (TPSA) is 78.9 Å². The Kier molecular flexibility index (Phi) is 5.95. The summed E-state index contributed by atoms with van der Waals surface area (Å²) in [6.45, 7) is 4.76. The van der Waals surface area contributed by atoms with Crippen LogP contribution in [0.5, 0.6) is 0 Å². The third-order valence-corrected chi connectivity index (χ3v) is 9.90. The molecule has 0 spiro atoms. The van der Waals surface area contributed by atoms with Crippen LogP contribution < -0.4 is 0 Å². The van der Waals surface area contributed by atoms with E-state index in [0.29, 0.717) is 41.6 Å². The lowest BCUT2D eigenvalue weighted by Crippen LogP contribution is -2.51. The lowest BCUT2D eigenvalue weighted by molar-refractivity contribution is -0.134. The van der Waals surface area contributed by atoms with Gasteiger partial charge in [-0.15, -0.1) is 0 Å². The third kappa shape index (κ3) is 4.04. The Morgan fingerprint density at radius 2 is 2.00 bits per heavy atom. The molecule has 5 rings (SSSR count). The van der Waals surface area contributed by atoms with Gasteiger partial charge in [0.25, 0.3) is 0 Å². The van der Waals surface area contributed by atoms with Crippen molar-refractivity contribution in [1.82, 2.24) is 9.78 Å². The number of ketones is 1. The molecule has 0 saturated heterocycles. The Balaban J connectivity index is 1.35. The van der Waals surface area contributed by atoms with E-state index in [4.69, 9.17) is 5.26 Å². The van der Waals surface area contributed by atoms with Gasteiger partial charge in [-0.05, 0) is 99.7 Å². The minimum Gasteiger partial charge on any atom is -0.390 e. The molecular weight excluding hydrogens is 398 g/mol. The first-order valence-electron chi connectivity index (χ1n) is 13.0. The Labute approximate surface area is 192 Å². The zero-order chi connectivity index (χ0) is 22.5. The van der Waals surface area contributed by atoms with Crippen LogP contribution in [0, 0.1) is 58.7 Å². The fourth-order valence-corrected chi connectivity index (χ4v) is 8.72. The van der Waals surface area contributed by atoms with E-state index in [1.807, 2.05) is 6.92 Å². The average Bonchev–Trinajstić information content (AvgIpc) is 3.08. The van der Waals surface area contributed by atoms with Crippen LogP contribution in [-0.2, 0) is 11.3 Å². The van der Waals surface area contributed by atoms with Gasteiger partial charge in [-0.1, -0.05) is 19.8 Å². The summed E-state index contributed by atoms with van der Waals surface area (Å²) in [6.07, 6.45) is 14.9. The number of nitriles is 1. The maximum atomic E-state index is 13.5.